The van der Waals surface area contributed by atoms with E-state index in [-0.39, 0.29) is 11.5 Å². The largest absolute Gasteiger partial charge is 0.524 e. The molecule has 0 amide bonds. The maximum Gasteiger partial charge on any atom is 0.524 e. The lowest BCUT2D eigenvalue weighted by Gasteiger charge is -2.36. The minimum atomic E-state index is -4.76. The Balaban J connectivity index is 0.000000348. The third-order valence-electron chi connectivity index (χ3n) is 6.77. The number of esters is 1. The number of carbonyl (C=O) groups is 1. The molecule has 4 N–H and O–H groups in total. The van der Waals surface area contributed by atoms with Gasteiger partial charge in [-0.1, -0.05) is 37.5 Å². The summed E-state index contributed by atoms with van der Waals surface area (Å²) in [7, 11) is -3.24. The minimum Gasteiger partial charge on any atom is -0.497 e. The smallest absolute Gasteiger partial charge is 0.497 e. The molecule has 2 heterocycles. The van der Waals surface area contributed by atoms with E-state index in [2.05, 4.69) is 0 Å². The number of fused-ring (bicyclic) bond motifs is 6. The molecule has 6 rings (SSSR count). The Morgan fingerprint density at radius 2 is 1.54 bits per heavy atom. The average molecular weight is 525 g/mol. The van der Waals surface area contributed by atoms with Crippen molar-refractivity contribution in [2.24, 2.45) is 5.73 Å². The van der Waals surface area contributed by atoms with Gasteiger partial charge in [0.15, 0.2) is 5.60 Å². The number of phosphoric acid groups is 1. The molecule has 0 radical (unpaired) electrons. The van der Waals surface area contributed by atoms with Gasteiger partial charge in [0, 0.05) is 34.9 Å². The molecule has 3 aliphatic rings. The molecule has 1 fully saturated rings. The van der Waals surface area contributed by atoms with Gasteiger partial charge < -0.3 is 24.5 Å². The van der Waals surface area contributed by atoms with Crippen LogP contribution < -0.4 is 19.7 Å². The Bertz CT molecular complexity index is 1380. The Kier molecular flexibility index (Phi) is 6.72. The molecule has 3 aromatic rings. The molecule has 1 spiro atoms. The fraction of sp³-hybridized carbons (Fsp3) is 0.296. The van der Waals surface area contributed by atoms with E-state index in [0.717, 1.165) is 0 Å². The topological polar surface area (TPSA) is 138 Å². The highest BCUT2D eigenvalue weighted by molar-refractivity contribution is 7.46. The zero-order valence-electron chi connectivity index (χ0n) is 20.3. The van der Waals surface area contributed by atoms with Gasteiger partial charge in [-0.25, -0.2) is 9.36 Å². The summed E-state index contributed by atoms with van der Waals surface area (Å²) in [6, 6.07) is 17.1. The number of ether oxygens (including phenoxy) is 3. The Labute approximate surface area is 214 Å². The van der Waals surface area contributed by atoms with Crippen molar-refractivity contribution in [2.45, 2.75) is 43.7 Å². The van der Waals surface area contributed by atoms with Crippen molar-refractivity contribution in [1.29, 1.82) is 0 Å². The molecule has 37 heavy (non-hydrogen) atoms. The van der Waals surface area contributed by atoms with Crippen molar-refractivity contribution in [3.05, 3.63) is 82.9 Å². The lowest BCUT2D eigenvalue weighted by atomic mass is 9.77. The molecule has 9 nitrogen and oxygen atoms in total. The monoisotopic (exact) mass is 525 g/mol. The predicted octanol–water partition coefficient (Wildman–Crippen LogP) is 5.01. The maximum absolute atomic E-state index is 12.7. The van der Waals surface area contributed by atoms with Crippen LogP contribution in [-0.2, 0) is 14.9 Å². The molecule has 194 valence electrons. The number of benzene rings is 3. The molecule has 1 aliphatic carbocycles. The summed E-state index contributed by atoms with van der Waals surface area (Å²) in [6.45, 7) is 0. The average Bonchev–Trinajstić information content (AvgIpc) is 3.16. The molecule has 1 unspecified atom stereocenters. The van der Waals surface area contributed by atoms with Crippen molar-refractivity contribution in [2.75, 3.05) is 7.11 Å². The van der Waals surface area contributed by atoms with Crippen molar-refractivity contribution in [3.8, 4) is 23.0 Å². The van der Waals surface area contributed by atoms with Crippen molar-refractivity contribution >= 4 is 13.8 Å². The molecule has 3 aromatic carbocycles. The summed E-state index contributed by atoms with van der Waals surface area (Å²) < 4.78 is 33.2. The molecule has 2 aliphatic heterocycles. The molecule has 0 bridgehead atoms. The number of nitrogens with two attached hydrogens (primary N) is 1. The van der Waals surface area contributed by atoms with E-state index < -0.39 is 19.4 Å². The van der Waals surface area contributed by atoms with E-state index in [1.807, 2.05) is 12.1 Å². The Morgan fingerprint density at radius 3 is 2.14 bits per heavy atom. The van der Waals surface area contributed by atoms with Crippen LogP contribution in [0.4, 0.5) is 0 Å². The maximum atomic E-state index is 12.7. The van der Waals surface area contributed by atoms with Crippen molar-refractivity contribution < 1.29 is 37.9 Å². The number of hydrogen-bond donors (Lipinski definition) is 3. The third-order valence-corrected chi connectivity index (χ3v) is 7.22. The van der Waals surface area contributed by atoms with E-state index in [1.165, 1.54) is 51.3 Å². The van der Waals surface area contributed by atoms with Gasteiger partial charge in [-0.2, -0.15) is 0 Å². The standard InChI is InChI=1S/C21H15O8P.C6H13N/c1-26-12-6-8-16-18(10-12)27-19-11-13(29-30(23,24)25)7-9-17(19)21(16)15-5-3-2-4-14(15)20(22)28-21;7-6-4-2-1-3-5-6/h2-11H,1H3,(H2,23,24,25);6H,1-5,7H2. The lowest BCUT2D eigenvalue weighted by Crippen LogP contribution is -2.33. The summed E-state index contributed by atoms with van der Waals surface area (Å²) in [4.78, 5) is 31.0. The summed E-state index contributed by atoms with van der Waals surface area (Å²) in [6.07, 6.45) is 6.66. The molecular formula is C27H28NO8P. The van der Waals surface area contributed by atoms with E-state index in [0.29, 0.717) is 39.8 Å². The zero-order valence-corrected chi connectivity index (χ0v) is 21.1. The fourth-order valence-corrected chi connectivity index (χ4v) is 5.48. The van der Waals surface area contributed by atoms with Crippen LogP contribution in [0.1, 0.15) is 59.2 Å². The number of rotatable bonds is 3. The van der Waals surface area contributed by atoms with Gasteiger partial charge in [0.2, 0.25) is 0 Å². The highest BCUT2D eigenvalue weighted by Gasteiger charge is 2.53. The van der Waals surface area contributed by atoms with Crippen molar-refractivity contribution in [1.82, 2.24) is 0 Å². The first-order valence-electron chi connectivity index (χ1n) is 12.1. The van der Waals surface area contributed by atoms with Gasteiger partial charge in [-0.15, -0.1) is 0 Å². The quantitative estimate of drug-likeness (QED) is 0.318. The first-order valence-corrected chi connectivity index (χ1v) is 13.6. The summed E-state index contributed by atoms with van der Waals surface area (Å²) in [5, 5.41) is 0. The normalized spacial score (nSPS) is 19.9. The molecule has 0 saturated heterocycles. The fourth-order valence-electron chi connectivity index (χ4n) is 5.09. The van der Waals surface area contributed by atoms with E-state index >= 15 is 0 Å². The third kappa shape index (κ3) is 4.83. The summed E-state index contributed by atoms with van der Waals surface area (Å²) in [5.74, 6) is 0.607. The molecular weight excluding hydrogens is 497 g/mol. The van der Waals surface area contributed by atoms with Crippen LogP contribution in [-0.4, -0.2) is 28.9 Å². The van der Waals surface area contributed by atoms with E-state index in [4.69, 9.17) is 34.3 Å². The second kappa shape index (κ2) is 9.84. The highest BCUT2D eigenvalue weighted by Crippen LogP contribution is 2.57. The molecule has 1 atom stereocenters. The van der Waals surface area contributed by atoms with Crippen molar-refractivity contribution in [3.63, 3.8) is 0 Å². The number of methoxy groups -OCH3 is 1. The SMILES string of the molecule is COc1ccc2c(c1)Oc1cc(OP(=O)(O)O)ccc1C21OC(=O)c2ccccc21.NC1CCCCC1. The molecule has 1 saturated carbocycles. The van der Waals surface area contributed by atoms with E-state index in [1.54, 1.807) is 36.4 Å². The summed E-state index contributed by atoms with van der Waals surface area (Å²) >= 11 is 0. The number of carbonyl (C=O) groups excluding carboxylic acids is 1. The second-order valence-corrected chi connectivity index (χ2v) is 10.4. The van der Waals surface area contributed by atoms with Crippen LogP contribution in [0.15, 0.2) is 60.7 Å². The van der Waals surface area contributed by atoms with Gasteiger partial charge in [0.1, 0.15) is 23.0 Å². The Morgan fingerprint density at radius 1 is 0.919 bits per heavy atom. The summed E-state index contributed by atoms with van der Waals surface area (Å²) in [5.41, 5.74) is 6.56. The first kappa shape index (κ1) is 25.3. The van der Waals surface area contributed by atoms with Crippen LogP contribution in [0.25, 0.3) is 0 Å². The van der Waals surface area contributed by atoms with Gasteiger partial charge in [0.05, 0.1) is 12.7 Å². The van der Waals surface area contributed by atoms with E-state index in [9.17, 15) is 9.36 Å². The Hall–Kier alpha value is -3.36. The lowest BCUT2D eigenvalue weighted by molar-refractivity contribution is 0.0224. The second-order valence-electron chi connectivity index (χ2n) is 9.22. The van der Waals surface area contributed by atoms with Crippen LogP contribution >= 0.6 is 7.82 Å². The van der Waals surface area contributed by atoms with Gasteiger partial charge in [-0.05, 0) is 43.2 Å². The highest BCUT2D eigenvalue weighted by atomic mass is 31.2. The van der Waals surface area contributed by atoms with Crippen LogP contribution in [0, 0.1) is 0 Å². The minimum absolute atomic E-state index is 0.0822. The molecule has 0 aromatic heterocycles. The first-order chi connectivity index (χ1) is 17.7. The van der Waals surface area contributed by atoms with Crippen LogP contribution in [0.3, 0.4) is 0 Å². The number of hydrogen-bond acceptors (Lipinski definition) is 7. The van der Waals surface area contributed by atoms with Gasteiger partial charge >= 0.3 is 13.8 Å². The molecule has 10 heteroatoms. The zero-order chi connectivity index (χ0) is 26.2. The van der Waals surface area contributed by atoms with Gasteiger partial charge in [-0.3, -0.25) is 9.79 Å². The number of phosphoric ester groups is 1. The van der Waals surface area contributed by atoms with Crippen LogP contribution in [0.5, 0.6) is 23.0 Å². The van der Waals surface area contributed by atoms with Gasteiger partial charge in [0.25, 0.3) is 0 Å². The predicted molar refractivity (Wildman–Crippen MR) is 135 cm³/mol. The van der Waals surface area contributed by atoms with Crippen LogP contribution in [0.2, 0.25) is 0 Å².